The van der Waals surface area contributed by atoms with Crippen molar-refractivity contribution in [3.8, 4) is 0 Å². The molecule has 0 aliphatic carbocycles. The van der Waals surface area contributed by atoms with E-state index in [0.29, 0.717) is 5.75 Å². The molecule has 0 atom stereocenters. The Bertz CT molecular complexity index is 486. The number of anilines is 1. The molecule has 0 bridgehead atoms. The fourth-order valence-corrected chi connectivity index (χ4v) is 3.26. The molecule has 2 aliphatic heterocycles. The summed E-state index contributed by atoms with van der Waals surface area (Å²) in [4.78, 5) is 12.6. The van der Waals surface area contributed by atoms with Gasteiger partial charge in [0.05, 0.1) is 30.1 Å². The van der Waals surface area contributed by atoms with Crippen LogP contribution in [0.3, 0.4) is 0 Å². The van der Waals surface area contributed by atoms with E-state index in [-0.39, 0.29) is 11.3 Å². The Morgan fingerprint density at radius 1 is 1.50 bits per heavy atom. The molecule has 18 heavy (non-hydrogen) atoms. The van der Waals surface area contributed by atoms with Crippen LogP contribution in [-0.4, -0.2) is 38.5 Å². The maximum absolute atomic E-state index is 11.4. The summed E-state index contributed by atoms with van der Waals surface area (Å²) in [5.74, 6) is 0.592. The first-order valence-electron chi connectivity index (χ1n) is 6.03. The molecule has 2 heterocycles. The molecule has 1 fully saturated rings. The first-order chi connectivity index (χ1) is 8.73. The largest absolute Gasteiger partial charge is 0.379 e. The molecule has 2 N–H and O–H groups in total. The van der Waals surface area contributed by atoms with Gasteiger partial charge in [-0.05, 0) is 24.7 Å². The molecule has 0 spiro atoms. The Morgan fingerprint density at radius 3 is 3.00 bits per heavy atom. The summed E-state index contributed by atoms with van der Waals surface area (Å²) in [6.45, 7) is 2.38. The van der Waals surface area contributed by atoms with Gasteiger partial charge < -0.3 is 15.4 Å². The van der Waals surface area contributed by atoms with Gasteiger partial charge in [-0.2, -0.15) is 0 Å². The highest BCUT2D eigenvalue weighted by Crippen LogP contribution is 2.38. The lowest BCUT2D eigenvalue weighted by molar-refractivity contribution is -0.113. The lowest BCUT2D eigenvalue weighted by Crippen LogP contribution is -2.52. The van der Waals surface area contributed by atoms with Crippen LogP contribution in [0.1, 0.15) is 5.56 Å². The topological polar surface area (TPSA) is 50.4 Å². The van der Waals surface area contributed by atoms with Crippen LogP contribution in [0.15, 0.2) is 23.1 Å². The predicted octanol–water partition coefficient (Wildman–Crippen LogP) is 1.22. The number of hydrogen-bond acceptors (Lipinski definition) is 4. The summed E-state index contributed by atoms with van der Waals surface area (Å²) in [6, 6.07) is 6.35. The normalized spacial score (nSPS) is 20.8. The van der Waals surface area contributed by atoms with Gasteiger partial charge >= 0.3 is 0 Å². The number of hydrogen-bond donors (Lipinski definition) is 2. The zero-order valence-corrected chi connectivity index (χ0v) is 11.1. The van der Waals surface area contributed by atoms with Crippen LogP contribution in [-0.2, 0) is 14.9 Å². The van der Waals surface area contributed by atoms with E-state index < -0.39 is 0 Å². The molecule has 3 rings (SSSR count). The summed E-state index contributed by atoms with van der Waals surface area (Å²) >= 11 is 1.60. The average Bonchev–Trinajstić information content (AvgIpc) is 2.33. The van der Waals surface area contributed by atoms with Gasteiger partial charge in [0.1, 0.15) is 0 Å². The summed E-state index contributed by atoms with van der Waals surface area (Å²) < 4.78 is 5.38. The van der Waals surface area contributed by atoms with Gasteiger partial charge in [0.25, 0.3) is 0 Å². The summed E-state index contributed by atoms with van der Waals surface area (Å²) in [7, 11) is 1.95. The molecular formula is C13H16N2O2S. The maximum Gasteiger partial charge on any atom is 0.234 e. The Balaban J connectivity index is 1.93. The monoisotopic (exact) mass is 264 g/mol. The maximum atomic E-state index is 11.4. The van der Waals surface area contributed by atoms with Crippen molar-refractivity contribution in [1.82, 2.24) is 5.32 Å². The third-order valence-corrected chi connectivity index (χ3v) is 4.57. The van der Waals surface area contributed by atoms with Crippen molar-refractivity contribution in [3.05, 3.63) is 23.8 Å². The molecule has 1 amide bonds. The molecule has 1 aromatic carbocycles. The fourth-order valence-electron chi connectivity index (χ4n) is 2.47. The van der Waals surface area contributed by atoms with Gasteiger partial charge in [-0.25, -0.2) is 0 Å². The lowest BCUT2D eigenvalue weighted by Gasteiger charge is -2.42. The minimum absolute atomic E-state index is 0.0661. The SMILES string of the molecule is CNCC1(c2ccc3c(c2)NC(=O)CS3)COC1. The molecule has 0 unspecified atom stereocenters. The molecule has 5 heteroatoms. The number of benzene rings is 1. The van der Waals surface area contributed by atoms with Crippen molar-refractivity contribution in [2.75, 3.05) is 37.9 Å². The number of carbonyl (C=O) groups is 1. The molecule has 96 valence electrons. The van der Waals surface area contributed by atoms with Crippen LogP contribution >= 0.6 is 11.8 Å². The molecule has 1 saturated heterocycles. The van der Waals surface area contributed by atoms with Gasteiger partial charge in [-0.1, -0.05) is 6.07 Å². The number of rotatable bonds is 3. The van der Waals surface area contributed by atoms with Crippen LogP contribution in [0, 0.1) is 0 Å². The van der Waals surface area contributed by atoms with Crippen molar-refractivity contribution in [2.45, 2.75) is 10.3 Å². The van der Waals surface area contributed by atoms with E-state index in [4.69, 9.17) is 4.74 Å². The second kappa shape index (κ2) is 4.57. The minimum Gasteiger partial charge on any atom is -0.379 e. The van der Waals surface area contributed by atoms with Crippen molar-refractivity contribution in [1.29, 1.82) is 0 Å². The van der Waals surface area contributed by atoms with E-state index in [1.807, 2.05) is 7.05 Å². The number of likely N-dealkylation sites (N-methyl/N-ethyl adjacent to an activating group) is 1. The zero-order chi connectivity index (χ0) is 12.6. The molecule has 4 nitrogen and oxygen atoms in total. The summed E-state index contributed by atoms with van der Waals surface area (Å²) in [6.07, 6.45) is 0. The van der Waals surface area contributed by atoms with Crippen molar-refractivity contribution in [2.24, 2.45) is 0 Å². The van der Waals surface area contributed by atoms with Gasteiger partial charge in [0, 0.05) is 11.4 Å². The van der Waals surface area contributed by atoms with E-state index in [0.717, 1.165) is 30.3 Å². The third-order valence-electron chi connectivity index (χ3n) is 3.50. The van der Waals surface area contributed by atoms with E-state index >= 15 is 0 Å². The lowest BCUT2D eigenvalue weighted by atomic mass is 9.78. The van der Waals surface area contributed by atoms with Crippen molar-refractivity contribution < 1.29 is 9.53 Å². The molecule has 0 radical (unpaired) electrons. The summed E-state index contributed by atoms with van der Waals surface area (Å²) in [5, 5.41) is 6.17. The molecule has 1 aromatic rings. The quantitative estimate of drug-likeness (QED) is 0.862. The number of thioether (sulfide) groups is 1. The first kappa shape index (κ1) is 12.0. The van der Waals surface area contributed by atoms with E-state index in [9.17, 15) is 4.79 Å². The van der Waals surface area contributed by atoms with E-state index in [1.165, 1.54) is 5.56 Å². The van der Waals surface area contributed by atoms with Crippen LogP contribution in [0.2, 0.25) is 0 Å². The van der Waals surface area contributed by atoms with Crippen LogP contribution in [0.5, 0.6) is 0 Å². The fraction of sp³-hybridized carbons (Fsp3) is 0.462. The number of nitrogens with one attached hydrogen (secondary N) is 2. The predicted molar refractivity (Wildman–Crippen MR) is 72.2 cm³/mol. The minimum atomic E-state index is 0.0661. The number of fused-ring (bicyclic) bond motifs is 1. The Labute approximate surface area is 110 Å². The second-order valence-electron chi connectivity index (χ2n) is 4.85. The number of ether oxygens (including phenoxy) is 1. The zero-order valence-electron chi connectivity index (χ0n) is 10.3. The standard InChI is InChI=1S/C13H16N2O2S/c1-14-6-13(7-17-8-13)9-2-3-11-10(4-9)15-12(16)5-18-11/h2-4,14H,5-8H2,1H3,(H,15,16). The molecule has 0 saturated carbocycles. The first-order valence-corrected chi connectivity index (χ1v) is 7.02. The van der Waals surface area contributed by atoms with Crippen LogP contribution < -0.4 is 10.6 Å². The summed E-state index contributed by atoms with van der Waals surface area (Å²) in [5.41, 5.74) is 2.25. The third kappa shape index (κ3) is 1.92. The van der Waals surface area contributed by atoms with Crippen LogP contribution in [0.4, 0.5) is 5.69 Å². The van der Waals surface area contributed by atoms with Gasteiger partial charge in [-0.15, -0.1) is 11.8 Å². The molecule has 0 aromatic heterocycles. The number of carbonyl (C=O) groups excluding carboxylic acids is 1. The van der Waals surface area contributed by atoms with E-state index in [1.54, 1.807) is 11.8 Å². The number of amides is 1. The van der Waals surface area contributed by atoms with Crippen molar-refractivity contribution in [3.63, 3.8) is 0 Å². The molecular weight excluding hydrogens is 248 g/mol. The molecule has 2 aliphatic rings. The smallest absolute Gasteiger partial charge is 0.234 e. The average molecular weight is 264 g/mol. The second-order valence-corrected chi connectivity index (χ2v) is 5.87. The van der Waals surface area contributed by atoms with Gasteiger partial charge in [0.2, 0.25) is 5.91 Å². The highest BCUT2D eigenvalue weighted by Gasteiger charge is 2.40. The highest BCUT2D eigenvalue weighted by atomic mass is 32.2. The Kier molecular flexibility index (Phi) is 3.05. The Hall–Kier alpha value is -1.04. The Morgan fingerprint density at radius 2 is 2.33 bits per heavy atom. The van der Waals surface area contributed by atoms with Gasteiger partial charge in [0.15, 0.2) is 0 Å². The van der Waals surface area contributed by atoms with Gasteiger partial charge in [-0.3, -0.25) is 4.79 Å². The highest BCUT2D eigenvalue weighted by molar-refractivity contribution is 8.00. The van der Waals surface area contributed by atoms with Crippen LogP contribution in [0.25, 0.3) is 0 Å². The van der Waals surface area contributed by atoms with Crippen molar-refractivity contribution >= 4 is 23.4 Å². The van der Waals surface area contributed by atoms with E-state index in [2.05, 4.69) is 28.8 Å².